The lowest BCUT2D eigenvalue weighted by Crippen LogP contribution is -2.18. The second-order valence-corrected chi connectivity index (χ2v) is 6.52. The van der Waals surface area contributed by atoms with Gasteiger partial charge in [0.05, 0.1) is 6.26 Å². The zero-order valence-corrected chi connectivity index (χ0v) is 17.0. The maximum atomic E-state index is 5.76. The van der Waals surface area contributed by atoms with Crippen LogP contribution < -0.4 is 0 Å². The van der Waals surface area contributed by atoms with Crippen LogP contribution in [0.3, 0.4) is 0 Å². The zero-order valence-electron chi connectivity index (χ0n) is 17.0. The Morgan fingerprint density at radius 2 is 1.32 bits per heavy atom. The molecule has 0 atom stereocenters. The monoisotopic (exact) mass is 358 g/mol. The van der Waals surface area contributed by atoms with Crippen molar-refractivity contribution in [1.29, 1.82) is 0 Å². The first-order chi connectivity index (χ1) is 12.3. The first-order valence-corrected chi connectivity index (χ1v) is 10.3. The highest BCUT2D eigenvalue weighted by atomic mass is 16.7. The molecule has 0 fully saturated rings. The number of hydrogen-bond acceptors (Lipinski definition) is 4. The molecule has 25 heavy (non-hydrogen) atoms. The van der Waals surface area contributed by atoms with Crippen LogP contribution in [-0.4, -0.2) is 33.4 Å². The van der Waals surface area contributed by atoms with E-state index < -0.39 is 0 Å². The number of hydrogen-bond donors (Lipinski definition) is 0. The molecule has 0 N–H and O–H groups in total. The van der Waals surface area contributed by atoms with Gasteiger partial charge in [0.25, 0.3) is 0 Å². The summed E-state index contributed by atoms with van der Waals surface area (Å²) in [4.78, 5) is 0. The summed E-state index contributed by atoms with van der Waals surface area (Å²) in [6.45, 7) is 6.24. The molecule has 0 saturated heterocycles. The van der Waals surface area contributed by atoms with E-state index in [1.54, 1.807) is 13.4 Å². The quantitative estimate of drug-likeness (QED) is 0.147. The first-order valence-electron chi connectivity index (χ1n) is 10.3. The number of rotatable bonds is 20. The molecule has 0 aromatic heterocycles. The molecule has 4 heteroatoms. The Kier molecular flexibility index (Phi) is 21.0. The minimum Gasteiger partial charge on any atom is -0.476 e. The average Bonchev–Trinajstić information content (AvgIpc) is 2.63. The van der Waals surface area contributed by atoms with E-state index in [1.807, 2.05) is 0 Å². The van der Waals surface area contributed by atoms with Gasteiger partial charge in [-0.2, -0.15) is 0 Å². The molecule has 0 aromatic carbocycles. The van der Waals surface area contributed by atoms with Crippen molar-refractivity contribution in [3.63, 3.8) is 0 Å². The molecule has 0 unspecified atom stereocenters. The van der Waals surface area contributed by atoms with Crippen LogP contribution in [-0.2, 0) is 18.9 Å². The number of allylic oxidation sites excluding steroid dienone is 1. The molecular formula is C21H42O4. The van der Waals surface area contributed by atoms with Crippen molar-refractivity contribution in [1.82, 2.24) is 0 Å². The van der Waals surface area contributed by atoms with Gasteiger partial charge >= 0.3 is 0 Å². The third-order valence-electron chi connectivity index (χ3n) is 3.95. The van der Waals surface area contributed by atoms with Gasteiger partial charge in [-0.15, -0.1) is 0 Å². The molecule has 0 spiro atoms. The van der Waals surface area contributed by atoms with E-state index in [0.29, 0.717) is 6.79 Å². The fourth-order valence-electron chi connectivity index (χ4n) is 2.59. The molecule has 0 bridgehead atoms. The molecule has 0 radical (unpaired) electrons. The minimum absolute atomic E-state index is 0.0147. The van der Waals surface area contributed by atoms with Crippen molar-refractivity contribution in [2.45, 2.75) is 97.2 Å². The summed E-state index contributed by atoms with van der Waals surface area (Å²) >= 11 is 0. The van der Waals surface area contributed by atoms with E-state index in [4.69, 9.17) is 18.9 Å². The molecule has 4 nitrogen and oxygen atoms in total. The third kappa shape index (κ3) is 19.6. The summed E-state index contributed by atoms with van der Waals surface area (Å²) < 4.78 is 21.4. The fourth-order valence-corrected chi connectivity index (χ4v) is 2.59. The lowest BCUT2D eigenvalue weighted by atomic mass is 10.1. The summed E-state index contributed by atoms with van der Waals surface area (Å²) in [6, 6.07) is 0. The zero-order chi connectivity index (χ0) is 18.4. The molecule has 0 rings (SSSR count). The second-order valence-electron chi connectivity index (χ2n) is 6.52. The Morgan fingerprint density at radius 1 is 0.760 bits per heavy atom. The standard InChI is InChI=1S/C21H42O4/c1-4-17-24-21(25-18-5-2)16-14-12-10-8-6-7-9-11-13-15-19-23-20-22-3/h15,19,21H,4-14,16-18,20H2,1-3H3. The first kappa shape index (κ1) is 24.4. The minimum atomic E-state index is 0.0147. The summed E-state index contributed by atoms with van der Waals surface area (Å²) in [5, 5.41) is 0. The average molecular weight is 359 g/mol. The fraction of sp³-hybridized carbons (Fsp3) is 0.905. The lowest BCUT2D eigenvalue weighted by Gasteiger charge is -2.18. The highest BCUT2D eigenvalue weighted by Crippen LogP contribution is 2.13. The van der Waals surface area contributed by atoms with E-state index in [-0.39, 0.29) is 6.29 Å². The number of unbranched alkanes of at least 4 members (excludes halogenated alkanes) is 8. The highest BCUT2D eigenvalue weighted by molar-refractivity contribution is 4.72. The Balaban J connectivity index is 3.34. The molecule has 0 amide bonds. The van der Waals surface area contributed by atoms with Gasteiger partial charge in [0.2, 0.25) is 0 Å². The van der Waals surface area contributed by atoms with Crippen molar-refractivity contribution in [2.75, 3.05) is 27.1 Å². The molecule has 0 aliphatic heterocycles. The smallest absolute Gasteiger partial charge is 0.187 e. The van der Waals surface area contributed by atoms with Gasteiger partial charge in [0.15, 0.2) is 13.1 Å². The highest BCUT2D eigenvalue weighted by Gasteiger charge is 2.08. The summed E-state index contributed by atoms with van der Waals surface area (Å²) in [5.41, 5.74) is 0. The van der Waals surface area contributed by atoms with Crippen LogP contribution >= 0.6 is 0 Å². The Bertz CT molecular complexity index is 261. The maximum absolute atomic E-state index is 5.76. The Hall–Kier alpha value is -0.580. The van der Waals surface area contributed by atoms with E-state index in [0.717, 1.165) is 38.9 Å². The van der Waals surface area contributed by atoms with Gasteiger partial charge in [-0.1, -0.05) is 52.4 Å². The predicted molar refractivity (Wildman–Crippen MR) is 105 cm³/mol. The van der Waals surface area contributed by atoms with Crippen LogP contribution in [0.5, 0.6) is 0 Å². The summed E-state index contributed by atoms with van der Waals surface area (Å²) in [5.74, 6) is 0. The van der Waals surface area contributed by atoms with Crippen molar-refractivity contribution in [2.24, 2.45) is 0 Å². The SMILES string of the molecule is CCCOC(CCCCCCCCCCC=COCOC)OCCC. The van der Waals surface area contributed by atoms with Crippen LogP contribution in [0.25, 0.3) is 0 Å². The summed E-state index contributed by atoms with van der Waals surface area (Å²) in [7, 11) is 1.63. The molecule has 0 aliphatic rings. The topological polar surface area (TPSA) is 36.9 Å². The third-order valence-corrected chi connectivity index (χ3v) is 3.95. The van der Waals surface area contributed by atoms with Crippen molar-refractivity contribution in [3.05, 3.63) is 12.3 Å². The van der Waals surface area contributed by atoms with Gasteiger partial charge < -0.3 is 18.9 Å². The van der Waals surface area contributed by atoms with Crippen molar-refractivity contribution >= 4 is 0 Å². The largest absolute Gasteiger partial charge is 0.476 e. The molecule has 0 aliphatic carbocycles. The van der Waals surface area contributed by atoms with Gasteiger partial charge in [-0.3, -0.25) is 0 Å². The Morgan fingerprint density at radius 3 is 1.88 bits per heavy atom. The van der Waals surface area contributed by atoms with Crippen LogP contribution in [0.15, 0.2) is 12.3 Å². The molecule has 0 aromatic rings. The second kappa shape index (κ2) is 21.5. The van der Waals surface area contributed by atoms with Gasteiger partial charge in [0.1, 0.15) is 0 Å². The van der Waals surface area contributed by atoms with E-state index in [1.165, 1.54) is 51.4 Å². The number of ether oxygens (including phenoxy) is 4. The van der Waals surface area contributed by atoms with Crippen molar-refractivity contribution < 1.29 is 18.9 Å². The summed E-state index contributed by atoms with van der Waals surface area (Å²) in [6.07, 6.45) is 18.5. The van der Waals surface area contributed by atoms with Crippen molar-refractivity contribution in [3.8, 4) is 0 Å². The van der Waals surface area contributed by atoms with E-state index in [9.17, 15) is 0 Å². The predicted octanol–water partition coefficient (Wildman–Crippen LogP) is 6.20. The Labute approximate surface area is 156 Å². The normalized spacial score (nSPS) is 11.7. The van der Waals surface area contributed by atoms with Crippen LogP contribution in [0.1, 0.15) is 90.9 Å². The molecule has 0 saturated carbocycles. The van der Waals surface area contributed by atoms with Crippen LogP contribution in [0.2, 0.25) is 0 Å². The van der Waals surface area contributed by atoms with Crippen LogP contribution in [0.4, 0.5) is 0 Å². The van der Waals surface area contributed by atoms with E-state index in [2.05, 4.69) is 19.9 Å². The van der Waals surface area contributed by atoms with E-state index >= 15 is 0 Å². The molecule has 0 heterocycles. The van der Waals surface area contributed by atoms with Crippen LogP contribution in [0, 0.1) is 0 Å². The molecule has 150 valence electrons. The van der Waals surface area contributed by atoms with Gasteiger partial charge in [-0.25, -0.2) is 0 Å². The number of methoxy groups -OCH3 is 1. The maximum Gasteiger partial charge on any atom is 0.187 e. The van der Waals surface area contributed by atoms with Gasteiger partial charge in [0, 0.05) is 20.3 Å². The molecular weight excluding hydrogens is 316 g/mol. The van der Waals surface area contributed by atoms with Gasteiger partial charge in [-0.05, 0) is 44.6 Å². The lowest BCUT2D eigenvalue weighted by molar-refractivity contribution is -0.146.